The van der Waals surface area contributed by atoms with Gasteiger partial charge in [0.25, 0.3) is 0 Å². The Kier molecular flexibility index (Phi) is 10.7. The van der Waals surface area contributed by atoms with Crippen LogP contribution in [-0.4, -0.2) is 54.8 Å². The molecule has 41 heavy (non-hydrogen) atoms. The van der Waals surface area contributed by atoms with Crippen molar-refractivity contribution in [2.45, 2.75) is 77.5 Å². The number of alkyl carbamates (subject to hydrolysis) is 2. The lowest BCUT2D eigenvalue weighted by Crippen LogP contribution is -2.53. The number of amides is 4. The van der Waals surface area contributed by atoms with Gasteiger partial charge in [0.05, 0.1) is 0 Å². The SMILES string of the molecule is CC(C)C[C@H](NC(=O)[C@H](CCCNC(=O)OCC1c2ccccc2-c2ccccc21)NC(=O)OC(C)(C)C)C(N)=O. The summed E-state index contributed by atoms with van der Waals surface area (Å²) in [5.74, 6) is -1.14. The fraction of sp³-hybridized carbons (Fsp3) is 0.484. The number of hydrogen-bond acceptors (Lipinski definition) is 6. The van der Waals surface area contributed by atoms with E-state index in [1.54, 1.807) is 20.8 Å². The Hall–Kier alpha value is -4.08. The molecule has 5 N–H and O–H groups in total. The molecule has 4 amide bonds. The summed E-state index contributed by atoms with van der Waals surface area (Å²) in [5, 5.41) is 7.92. The smallest absolute Gasteiger partial charge is 0.408 e. The van der Waals surface area contributed by atoms with Crippen LogP contribution in [0.25, 0.3) is 11.1 Å². The number of nitrogens with two attached hydrogens (primary N) is 1. The fourth-order valence-electron chi connectivity index (χ4n) is 4.85. The second kappa shape index (κ2) is 14.0. The summed E-state index contributed by atoms with van der Waals surface area (Å²) in [7, 11) is 0. The molecule has 0 aromatic heterocycles. The third-order valence-corrected chi connectivity index (χ3v) is 6.66. The number of rotatable bonds is 12. The first kappa shape index (κ1) is 31.4. The molecule has 10 nitrogen and oxygen atoms in total. The predicted octanol–water partition coefficient (Wildman–Crippen LogP) is 4.21. The van der Waals surface area contributed by atoms with Crippen molar-refractivity contribution in [2.75, 3.05) is 13.2 Å². The first-order valence-electron chi connectivity index (χ1n) is 14.0. The maximum atomic E-state index is 13.0. The minimum absolute atomic E-state index is 0.0525. The van der Waals surface area contributed by atoms with Crippen LogP contribution in [0.5, 0.6) is 0 Å². The molecular formula is C31H42N4O6. The van der Waals surface area contributed by atoms with E-state index in [9.17, 15) is 19.2 Å². The van der Waals surface area contributed by atoms with Crippen LogP contribution < -0.4 is 21.7 Å². The molecule has 0 saturated carbocycles. The van der Waals surface area contributed by atoms with Gasteiger partial charge in [-0.3, -0.25) is 9.59 Å². The van der Waals surface area contributed by atoms with Crippen LogP contribution in [0.1, 0.15) is 70.9 Å². The molecule has 0 bridgehead atoms. The summed E-state index contributed by atoms with van der Waals surface area (Å²) in [6, 6.07) is 14.3. The molecule has 0 radical (unpaired) electrons. The summed E-state index contributed by atoms with van der Waals surface area (Å²) >= 11 is 0. The Morgan fingerprint density at radius 1 is 0.878 bits per heavy atom. The molecule has 222 valence electrons. The Morgan fingerprint density at radius 3 is 2.00 bits per heavy atom. The van der Waals surface area contributed by atoms with Gasteiger partial charge in [0.2, 0.25) is 11.8 Å². The normalized spacial score (nSPS) is 13.9. The number of nitrogens with one attached hydrogen (secondary N) is 3. The van der Waals surface area contributed by atoms with E-state index in [1.165, 1.54) is 0 Å². The van der Waals surface area contributed by atoms with Gasteiger partial charge < -0.3 is 31.2 Å². The predicted molar refractivity (Wildman–Crippen MR) is 156 cm³/mol. The molecule has 2 aromatic rings. The van der Waals surface area contributed by atoms with Gasteiger partial charge in [-0.05, 0) is 68.2 Å². The van der Waals surface area contributed by atoms with Crippen LogP contribution in [-0.2, 0) is 19.1 Å². The van der Waals surface area contributed by atoms with E-state index in [0.29, 0.717) is 12.8 Å². The third kappa shape index (κ3) is 9.23. The van der Waals surface area contributed by atoms with E-state index in [1.807, 2.05) is 50.2 Å². The highest BCUT2D eigenvalue weighted by Gasteiger charge is 2.30. The van der Waals surface area contributed by atoms with Crippen molar-refractivity contribution in [3.05, 3.63) is 59.7 Å². The molecule has 2 atom stereocenters. The van der Waals surface area contributed by atoms with Gasteiger partial charge in [-0.2, -0.15) is 0 Å². The number of ether oxygens (including phenoxy) is 2. The standard InChI is InChI=1S/C31H42N4O6/c1-19(2)17-26(27(32)36)34-28(37)25(35-30(39)41-31(3,4)5)15-10-16-33-29(38)40-18-24-22-13-8-6-11-20(22)21-12-7-9-14-23(21)24/h6-9,11-14,19,24-26H,10,15-18H2,1-5H3,(H2,32,36)(H,33,38)(H,34,37)(H,35,39)/t25-,26-/m0/s1. The summed E-state index contributed by atoms with van der Waals surface area (Å²) in [5.41, 5.74) is 9.24. The van der Waals surface area contributed by atoms with Crippen LogP contribution in [0.2, 0.25) is 0 Å². The highest BCUT2D eigenvalue weighted by Crippen LogP contribution is 2.44. The average Bonchev–Trinajstić information content (AvgIpc) is 3.21. The van der Waals surface area contributed by atoms with Crippen molar-refractivity contribution in [3.8, 4) is 11.1 Å². The molecule has 0 aliphatic heterocycles. The van der Waals surface area contributed by atoms with Gasteiger partial charge in [0.1, 0.15) is 24.3 Å². The second-order valence-electron chi connectivity index (χ2n) is 11.7. The lowest BCUT2D eigenvalue weighted by atomic mass is 9.98. The van der Waals surface area contributed by atoms with Crippen molar-refractivity contribution in [1.82, 2.24) is 16.0 Å². The van der Waals surface area contributed by atoms with Crippen LogP contribution in [0, 0.1) is 5.92 Å². The molecule has 1 aliphatic carbocycles. The monoisotopic (exact) mass is 566 g/mol. The molecule has 0 heterocycles. The van der Waals surface area contributed by atoms with Crippen molar-refractivity contribution < 1.29 is 28.7 Å². The van der Waals surface area contributed by atoms with E-state index in [4.69, 9.17) is 15.2 Å². The zero-order valence-corrected chi connectivity index (χ0v) is 24.5. The maximum absolute atomic E-state index is 13.0. The van der Waals surface area contributed by atoms with Gasteiger partial charge in [-0.25, -0.2) is 9.59 Å². The molecule has 0 saturated heterocycles. The number of primary amides is 1. The van der Waals surface area contributed by atoms with Gasteiger partial charge >= 0.3 is 12.2 Å². The molecule has 10 heteroatoms. The molecular weight excluding hydrogens is 524 g/mol. The summed E-state index contributed by atoms with van der Waals surface area (Å²) in [6.07, 6.45) is -0.435. The van der Waals surface area contributed by atoms with Crippen molar-refractivity contribution in [2.24, 2.45) is 11.7 Å². The van der Waals surface area contributed by atoms with E-state index >= 15 is 0 Å². The lowest BCUT2D eigenvalue weighted by Gasteiger charge is -2.25. The van der Waals surface area contributed by atoms with Crippen LogP contribution in [0.4, 0.5) is 9.59 Å². The van der Waals surface area contributed by atoms with Crippen molar-refractivity contribution >= 4 is 24.0 Å². The summed E-state index contributed by atoms with van der Waals surface area (Å²) < 4.78 is 10.9. The number of fused-ring (bicyclic) bond motifs is 3. The average molecular weight is 567 g/mol. The summed E-state index contributed by atoms with van der Waals surface area (Å²) in [4.78, 5) is 49.8. The largest absolute Gasteiger partial charge is 0.449 e. The Balaban J connectivity index is 1.54. The molecule has 0 spiro atoms. The number of carbonyl (C=O) groups is 4. The van der Waals surface area contributed by atoms with E-state index in [-0.39, 0.29) is 31.4 Å². The van der Waals surface area contributed by atoms with Gasteiger partial charge in [-0.1, -0.05) is 62.4 Å². The maximum Gasteiger partial charge on any atom is 0.408 e. The Morgan fingerprint density at radius 2 is 1.46 bits per heavy atom. The van der Waals surface area contributed by atoms with Crippen LogP contribution in [0.15, 0.2) is 48.5 Å². The highest BCUT2D eigenvalue weighted by molar-refractivity contribution is 5.90. The first-order chi connectivity index (χ1) is 19.4. The topological polar surface area (TPSA) is 149 Å². The first-order valence-corrected chi connectivity index (χ1v) is 14.0. The van der Waals surface area contributed by atoms with Crippen LogP contribution >= 0.6 is 0 Å². The molecule has 0 fully saturated rings. The quantitative estimate of drug-likeness (QED) is 0.283. The van der Waals surface area contributed by atoms with E-state index in [2.05, 4.69) is 28.1 Å². The number of carbonyl (C=O) groups excluding carboxylic acids is 4. The Labute approximate surface area is 241 Å². The highest BCUT2D eigenvalue weighted by atomic mass is 16.6. The molecule has 3 rings (SSSR count). The van der Waals surface area contributed by atoms with E-state index < -0.39 is 41.7 Å². The fourth-order valence-corrected chi connectivity index (χ4v) is 4.85. The van der Waals surface area contributed by atoms with Crippen molar-refractivity contribution in [1.29, 1.82) is 0 Å². The van der Waals surface area contributed by atoms with Gasteiger partial charge in [0.15, 0.2) is 0 Å². The zero-order valence-electron chi connectivity index (χ0n) is 24.5. The second-order valence-corrected chi connectivity index (χ2v) is 11.7. The summed E-state index contributed by atoms with van der Waals surface area (Å²) in [6.45, 7) is 9.36. The Bertz CT molecular complexity index is 1190. The van der Waals surface area contributed by atoms with Gasteiger partial charge in [0, 0.05) is 12.5 Å². The molecule has 0 unspecified atom stereocenters. The zero-order chi connectivity index (χ0) is 30.2. The number of benzene rings is 2. The minimum atomic E-state index is -0.997. The van der Waals surface area contributed by atoms with Crippen molar-refractivity contribution in [3.63, 3.8) is 0 Å². The van der Waals surface area contributed by atoms with Gasteiger partial charge in [-0.15, -0.1) is 0 Å². The molecule has 2 aromatic carbocycles. The van der Waals surface area contributed by atoms with E-state index in [0.717, 1.165) is 22.3 Å². The number of hydrogen-bond donors (Lipinski definition) is 4. The van der Waals surface area contributed by atoms with Crippen LogP contribution in [0.3, 0.4) is 0 Å². The minimum Gasteiger partial charge on any atom is -0.449 e. The lowest BCUT2D eigenvalue weighted by molar-refractivity contribution is -0.129. The third-order valence-electron chi connectivity index (χ3n) is 6.66. The molecule has 1 aliphatic rings.